The van der Waals surface area contributed by atoms with Crippen molar-refractivity contribution < 1.29 is 5.11 Å². The lowest BCUT2D eigenvalue weighted by molar-refractivity contribution is 0.283. The molecule has 3 aromatic rings. The van der Waals surface area contributed by atoms with Crippen molar-refractivity contribution in [2.24, 2.45) is 0 Å². The van der Waals surface area contributed by atoms with Gasteiger partial charge in [0.05, 0.1) is 0 Å². The maximum absolute atomic E-state index is 8.92. The lowest BCUT2D eigenvalue weighted by Gasteiger charge is -2.12. The summed E-state index contributed by atoms with van der Waals surface area (Å²) in [7, 11) is 0. The Labute approximate surface area is 189 Å². The number of aliphatic hydroxyl groups excluding tert-OH is 1. The van der Waals surface area contributed by atoms with E-state index in [9.17, 15) is 0 Å². The normalized spacial score (nSPS) is 11.1. The minimum Gasteiger partial charge on any atom is -0.396 e. The van der Waals surface area contributed by atoms with Gasteiger partial charge in [0.25, 0.3) is 0 Å². The summed E-state index contributed by atoms with van der Waals surface area (Å²) in [5.41, 5.74) is 9.49. The molecule has 0 aliphatic rings. The minimum atomic E-state index is 0.303. The summed E-state index contributed by atoms with van der Waals surface area (Å²) in [6.45, 7) is 4.81. The lowest BCUT2D eigenvalue weighted by atomic mass is 9.92. The zero-order valence-electron chi connectivity index (χ0n) is 19.4. The molecule has 0 aliphatic heterocycles. The summed E-state index contributed by atoms with van der Waals surface area (Å²) in [5.74, 6) is 0. The maximum Gasteiger partial charge on any atom is 0.0431 e. The van der Waals surface area contributed by atoms with E-state index in [1.807, 2.05) is 0 Å². The van der Waals surface area contributed by atoms with E-state index in [-0.39, 0.29) is 0 Å². The van der Waals surface area contributed by atoms with E-state index in [0.717, 1.165) is 32.1 Å². The quantitative estimate of drug-likeness (QED) is 0.297. The smallest absolute Gasteiger partial charge is 0.0431 e. The second-order valence-electron chi connectivity index (χ2n) is 8.61. The van der Waals surface area contributed by atoms with Crippen LogP contribution in [-0.2, 0) is 19.3 Å². The number of hydrogen-bond acceptors (Lipinski definition) is 1. The van der Waals surface area contributed by atoms with Crippen LogP contribution in [-0.4, -0.2) is 11.7 Å². The van der Waals surface area contributed by atoms with E-state index in [1.165, 1.54) is 64.6 Å². The fraction of sp³-hybridized carbons (Fsp3) is 0.400. The number of unbranched alkanes of at least 4 members (excludes halogenated alkanes) is 4. The van der Waals surface area contributed by atoms with Gasteiger partial charge in [-0.15, -0.1) is 0 Å². The number of hydrogen-bond donors (Lipinski definition) is 1. The van der Waals surface area contributed by atoms with Crippen LogP contribution in [0.3, 0.4) is 0 Å². The molecule has 31 heavy (non-hydrogen) atoms. The van der Waals surface area contributed by atoms with Crippen LogP contribution in [0.5, 0.6) is 0 Å². The van der Waals surface area contributed by atoms with Gasteiger partial charge in [-0.25, -0.2) is 0 Å². The summed E-state index contributed by atoms with van der Waals surface area (Å²) in [6.07, 6.45) is 10.3. The molecule has 0 saturated carbocycles. The predicted molar refractivity (Wildman–Crippen MR) is 135 cm³/mol. The highest BCUT2D eigenvalue weighted by molar-refractivity contribution is 5.74. The molecule has 0 aliphatic carbocycles. The Kier molecular flexibility index (Phi) is 9.37. The molecule has 0 bridgehead atoms. The van der Waals surface area contributed by atoms with Crippen molar-refractivity contribution in [2.75, 3.05) is 6.61 Å². The molecule has 1 heteroatoms. The first kappa shape index (κ1) is 23.3. The Morgan fingerprint density at radius 1 is 0.581 bits per heavy atom. The largest absolute Gasteiger partial charge is 0.396 e. The second-order valence-corrected chi connectivity index (χ2v) is 8.61. The molecule has 1 nitrogen and oxygen atoms in total. The van der Waals surface area contributed by atoms with E-state index < -0.39 is 0 Å². The first-order valence-electron chi connectivity index (χ1n) is 12.2. The van der Waals surface area contributed by atoms with Crippen LogP contribution in [0.4, 0.5) is 0 Å². The van der Waals surface area contributed by atoms with Crippen LogP contribution in [0.2, 0.25) is 0 Å². The molecule has 0 atom stereocenters. The Balaban J connectivity index is 1.71. The third-order valence-corrected chi connectivity index (χ3v) is 6.23. The van der Waals surface area contributed by atoms with Crippen molar-refractivity contribution >= 4 is 0 Å². The van der Waals surface area contributed by atoms with Crippen molar-refractivity contribution in [2.45, 2.75) is 71.6 Å². The van der Waals surface area contributed by atoms with Gasteiger partial charge in [-0.1, -0.05) is 99.8 Å². The summed E-state index contributed by atoms with van der Waals surface area (Å²) < 4.78 is 0. The first-order valence-corrected chi connectivity index (χ1v) is 12.2. The number of aryl methyl sites for hydroxylation is 3. The molecular formula is C30H38O. The van der Waals surface area contributed by atoms with Crippen molar-refractivity contribution in [3.63, 3.8) is 0 Å². The fourth-order valence-corrected chi connectivity index (χ4v) is 4.26. The average Bonchev–Trinajstić information content (AvgIpc) is 2.82. The zero-order chi connectivity index (χ0) is 21.9. The highest BCUT2D eigenvalue weighted by atomic mass is 16.2. The van der Waals surface area contributed by atoms with Crippen molar-refractivity contribution in [3.05, 3.63) is 83.4 Å². The van der Waals surface area contributed by atoms with E-state index in [1.54, 1.807) is 0 Å². The number of benzene rings is 3. The van der Waals surface area contributed by atoms with Crippen LogP contribution < -0.4 is 0 Å². The highest BCUT2D eigenvalue weighted by Gasteiger charge is 2.07. The predicted octanol–water partition coefficient (Wildman–Crippen LogP) is 8.02. The van der Waals surface area contributed by atoms with Gasteiger partial charge < -0.3 is 5.11 Å². The summed E-state index contributed by atoms with van der Waals surface area (Å²) in [5, 5.41) is 8.92. The third-order valence-electron chi connectivity index (χ3n) is 6.23. The monoisotopic (exact) mass is 414 g/mol. The Morgan fingerprint density at radius 3 is 1.74 bits per heavy atom. The molecular weight excluding hydrogens is 376 g/mol. The van der Waals surface area contributed by atoms with Crippen LogP contribution in [0.1, 0.15) is 69.1 Å². The Hall–Kier alpha value is -2.38. The van der Waals surface area contributed by atoms with Crippen LogP contribution in [0.25, 0.3) is 22.3 Å². The summed E-state index contributed by atoms with van der Waals surface area (Å²) in [4.78, 5) is 0. The Bertz CT molecular complexity index is 906. The second kappa shape index (κ2) is 12.5. The molecule has 0 radical (unpaired) electrons. The minimum absolute atomic E-state index is 0.303. The third kappa shape index (κ3) is 6.80. The van der Waals surface area contributed by atoms with Gasteiger partial charge in [-0.05, 0) is 77.5 Å². The van der Waals surface area contributed by atoms with Gasteiger partial charge in [0.15, 0.2) is 0 Å². The molecule has 0 fully saturated rings. The molecule has 164 valence electrons. The molecule has 1 N–H and O–H groups in total. The molecule has 3 aromatic carbocycles. The molecule has 0 heterocycles. The van der Waals surface area contributed by atoms with Crippen molar-refractivity contribution in [1.29, 1.82) is 0 Å². The summed E-state index contributed by atoms with van der Waals surface area (Å²) in [6, 6.07) is 25.1. The molecule has 3 rings (SSSR count). The van der Waals surface area contributed by atoms with Crippen molar-refractivity contribution in [3.8, 4) is 22.3 Å². The number of aliphatic hydroxyl groups is 1. The van der Waals surface area contributed by atoms with Crippen LogP contribution in [0.15, 0.2) is 66.7 Å². The Morgan fingerprint density at radius 2 is 1.16 bits per heavy atom. The number of rotatable bonds is 12. The van der Waals surface area contributed by atoms with Gasteiger partial charge >= 0.3 is 0 Å². The fourth-order valence-electron chi connectivity index (χ4n) is 4.26. The molecule has 0 amide bonds. The van der Waals surface area contributed by atoms with Crippen LogP contribution in [0, 0.1) is 0 Å². The maximum atomic E-state index is 8.92. The standard InChI is InChI=1S/C30H38O/c1-3-5-7-10-24-12-16-27(17-13-24)29-20-21-30(26(4-2)23-29)28-18-14-25(15-19-28)11-8-6-9-22-31/h12-21,23,31H,3-11,22H2,1-2H3. The molecule has 0 saturated heterocycles. The average molecular weight is 415 g/mol. The summed E-state index contributed by atoms with van der Waals surface area (Å²) >= 11 is 0. The van der Waals surface area contributed by atoms with Gasteiger partial charge in [0, 0.05) is 6.61 Å². The highest BCUT2D eigenvalue weighted by Crippen LogP contribution is 2.30. The SMILES string of the molecule is CCCCCc1ccc(-c2ccc(-c3ccc(CCCCCO)cc3)c(CC)c2)cc1. The molecule has 0 spiro atoms. The van der Waals surface area contributed by atoms with E-state index in [4.69, 9.17) is 5.11 Å². The zero-order valence-corrected chi connectivity index (χ0v) is 19.4. The van der Waals surface area contributed by atoms with Gasteiger partial charge in [-0.2, -0.15) is 0 Å². The lowest BCUT2D eigenvalue weighted by Crippen LogP contribution is -1.92. The van der Waals surface area contributed by atoms with E-state index in [2.05, 4.69) is 80.6 Å². The molecule has 0 unspecified atom stereocenters. The van der Waals surface area contributed by atoms with E-state index >= 15 is 0 Å². The van der Waals surface area contributed by atoms with Crippen molar-refractivity contribution in [1.82, 2.24) is 0 Å². The first-order chi connectivity index (χ1) is 15.2. The van der Waals surface area contributed by atoms with Gasteiger partial charge in [0.1, 0.15) is 0 Å². The topological polar surface area (TPSA) is 20.2 Å². The van der Waals surface area contributed by atoms with Crippen LogP contribution >= 0.6 is 0 Å². The molecule has 0 aromatic heterocycles. The van der Waals surface area contributed by atoms with Gasteiger partial charge in [0.2, 0.25) is 0 Å². The van der Waals surface area contributed by atoms with E-state index in [0.29, 0.717) is 6.61 Å². The van der Waals surface area contributed by atoms with Gasteiger partial charge in [-0.3, -0.25) is 0 Å².